The number of amides is 1. The molecule has 3 nitrogen and oxygen atoms in total. The molecular formula is C12H23NO2. The lowest BCUT2D eigenvalue weighted by atomic mass is 9.86. The monoisotopic (exact) mass is 213 g/mol. The van der Waals surface area contributed by atoms with Crippen LogP contribution in [0.25, 0.3) is 0 Å². The SMILES string of the molecule is CC(O)CCC(=O)NC1CCCCC1C. The van der Waals surface area contributed by atoms with Crippen molar-refractivity contribution in [1.82, 2.24) is 5.32 Å². The molecule has 1 amide bonds. The normalized spacial score (nSPS) is 28.5. The van der Waals surface area contributed by atoms with Crippen LogP contribution in [0.15, 0.2) is 0 Å². The van der Waals surface area contributed by atoms with Gasteiger partial charge in [0.05, 0.1) is 6.10 Å². The third kappa shape index (κ3) is 4.65. The molecule has 3 heteroatoms. The van der Waals surface area contributed by atoms with Gasteiger partial charge in [-0.25, -0.2) is 0 Å². The maximum absolute atomic E-state index is 11.5. The highest BCUT2D eigenvalue weighted by atomic mass is 16.3. The van der Waals surface area contributed by atoms with E-state index < -0.39 is 0 Å². The molecule has 1 fully saturated rings. The number of carbonyl (C=O) groups excluding carboxylic acids is 1. The summed E-state index contributed by atoms with van der Waals surface area (Å²) in [6, 6.07) is 0.361. The first kappa shape index (κ1) is 12.5. The van der Waals surface area contributed by atoms with Crippen LogP contribution < -0.4 is 5.32 Å². The summed E-state index contributed by atoms with van der Waals surface area (Å²) >= 11 is 0. The predicted octanol–water partition coefficient (Wildman–Crippen LogP) is 1.84. The van der Waals surface area contributed by atoms with Gasteiger partial charge in [0.15, 0.2) is 0 Å². The van der Waals surface area contributed by atoms with Gasteiger partial charge in [0, 0.05) is 12.5 Å². The molecule has 0 spiro atoms. The molecule has 88 valence electrons. The van der Waals surface area contributed by atoms with E-state index in [0.29, 0.717) is 24.8 Å². The molecule has 1 aliphatic rings. The minimum Gasteiger partial charge on any atom is -0.393 e. The summed E-state index contributed by atoms with van der Waals surface area (Å²) in [6.45, 7) is 3.93. The van der Waals surface area contributed by atoms with Gasteiger partial charge < -0.3 is 10.4 Å². The van der Waals surface area contributed by atoms with Gasteiger partial charge >= 0.3 is 0 Å². The van der Waals surface area contributed by atoms with Crippen LogP contribution in [0.3, 0.4) is 0 Å². The first-order chi connectivity index (χ1) is 7.09. The summed E-state index contributed by atoms with van der Waals surface area (Å²) < 4.78 is 0. The second kappa shape index (κ2) is 6.11. The molecule has 0 saturated heterocycles. The van der Waals surface area contributed by atoms with Gasteiger partial charge in [-0.2, -0.15) is 0 Å². The van der Waals surface area contributed by atoms with Crippen LogP contribution in [0.2, 0.25) is 0 Å². The fraction of sp³-hybridized carbons (Fsp3) is 0.917. The van der Waals surface area contributed by atoms with Crippen molar-refractivity contribution >= 4 is 5.91 Å². The molecule has 0 aromatic carbocycles. The van der Waals surface area contributed by atoms with Crippen LogP contribution in [-0.4, -0.2) is 23.2 Å². The van der Waals surface area contributed by atoms with E-state index >= 15 is 0 Å². The molecule has 15 heavy (non-hydrogen) atoms. The minimum absolute atomic E-state index is 0.0923. The molecule has 0 aromatic heterocycles. The van der Waals surface area contributed by atoms with Crippen molar-refractivity contribution < 1.29 is 9.90 Å². The number of rotatable bonds is 4. The van der Waals surface area contributed by atoms with E-state index in [4.69, 9.17) is 5.11 Å². The zero-order chi connectivity index (χ0) is 11.3. The van der Waals surface area contributed by atoms with Crippen molar-refractivity contribution in [3.05, 3.63) is 0 Å². The molecule has 0 aromatic rings. The van der Waals surface area contributed by atoms with Gasteiger partial charge in [0.25, 0.3) is 0 Å². The third-order valence-electron chi connectivity index (χ3n) is 3.25. The lowest BCUT2D eigenvalue weighted by Gasteiger charge is -2.29. The maximum atomic E-state index is 11.5. The quantitative estimate of drug-likeness (QED) is 0.748. The smallest absolute Gasteiger partial charge is 0.220 e. The highest BCUT2D eigenvalue weighted by molar-refractivity contribution is 5.76. The van der Waals surface area contributed by atoms with E-state index in [1.54, 1.807) is 6.92 Å². The average Bonchev–Trinajstić information content (AvgIpc) is 2.18. The standard InChI is InChI=1S/C12H23NO2/c1-9-5-3-4-6-11(9)13-12(15)8-7-10(2)14/h9-11,14H,3-8H2,1-2H3,(H,13,15). The number of nitrogens with one attached hydrogen (secondary N) is 1. The zero-order valence-corrected chi connectivity index (χ0v) is 9.83. The Bertz CT molecular complexity index is 204. The molecule has 3 unspecified atom stereocenters. The highest BCUT2D eigenvalue weighted by Gasteiger charge is 2.22. The van der Waals surface area contributed by atoms with Gasteiger partial charge in [-0.1, -0.05) is 19.8 Å². The Labute approximate surface area is 92.3 Å². The zero-order valence-electron chi connectivity index (χ0n) is 9.83. The van der Waals surface area contributed by atoms with E-state index in [-0.39, 0.29) is 12.0 Å². The second-order valence-electron chi connectivity index (χ2n) is 4.82. The molecule has 0 aliphatic heterocycles. The lowest BCUT2D eigenvalue weighted by molar-refractivity contribution is -0.122. The molecule has 3 atom stereocenters. The Kier molecular flexibility index (Phi) is 5.09. The Balaban J connectivity index is 2.24. The predicted molar refractivity (Wildman–Crippen MR) is 60.5 cm³/mol. The third-order valence-corrected chi connectivity index (χ3v) is 3.25. The first-order valence-corrected chi connectivity index (χ1v) is 6.07. The summed E-state index contributed by atoms with van der Waals surface area (Å²) in [7, 11) is 0. The van der Waals surface area contributed by atoms with Crippen molar-refractivity contribution in [2.24, 2.45) is 5.92 Å². The van der Waals surface area contributed by atoms with Gasteiger partial charge in [-0.05, 0) is 32.1 Å². The molecule has 0 heterocycles. The number of hydrogen-bond donors (Lipinski definition) is 2. The van der Waals surface area contributed by atoms with Crippen LogP contribution >= 0.6 is 0 Å². The second-order valence-corrected chi connectivity index (χ2v) is 4.82. The van der Waals surface area contributed by atoms with Crippen molar-refractivity contribution in [2.45, 2.75) is 64.5 Å². The number of carbonyl (C=O) groups is 1. The largest absolute Gasteiger partial charge is 0.393 e. The molecule has 1 aliphatic carbocycles. The number of hydrogen-bond acceptors (Lipinski definition) is 2. The van der Waals surface area contributed by atoms with Crippen LogP contribution in [0.5, 0.6) is 0 Å². The highest BCUT2D eigenvalue weighted by Crippen LogP contribution is 2.23. The average molecular weight is 213 g/mol. The van der Waals surface area contributed by atoms with Gasteiger partial charge in [0.2, 0.25) is 5.91 Å². The summed E-state index contributed by atoms with van der Waals surface area (Å²) in [6.07, 6.45) is 5.49. The van der Waals surface area contributed by atoms with Crippen molar-refractivity contribution in [3.8, 4) is 0 Å². The Hall–Kier alpha value is -0.570. The van der Waals surface area contributed by atoms with Crippen LogP contribution in [0.4, 0.5) is 0 Å². The van der Waals surface area contributed by atoms with Crippen LogP contribution in [-0.2, 0) is 4.79 Å². The number of aliphatic hydroxyl groups is 1. The Morgan fingerprint density at radius 2 is 2.13 bits per heavy atom. The van der Waals surface area contributed by atoms with Crippen LogP contribution in [0.1, 0.15) is 52.4 Å². The van der Waals surface area contributed by atoms with E-state index in [2.05, 4.69) is 12.2 Å². The summed E-state index contributed by atoms with van der Waals surface area (Å²) in [5.74, 6) is 0.698. The number of aliphatic hydroxyl groups excluding tert-OH is 1. The molecule has 0 radical (unpaired) electrons. The molecular weight excluding hydrogens is 190 g/mol. The van der Waals surface area contributed by atoms with Gasteiger partial charge in [-0.15, -0.1) is 0 Å². The summed E-state index contributed by atoms with van der Waals surface area (Å²) in [4.78, 5) is 11.5. The lowest BCUT2D eigenvalue weighted by Crippen LogP contribution is -2.41. The van der Waals surface area contributed by atoms with E-state index in [0.717, 1.165) is 6.42 Å². The fourth-order valence-electron chi connectivity index (χ4n) is 2.15. The van der Waals surface area contributed by atoms with E-state index in [1.165, 1.54) is 19.3 Å². The summed E-state index contributed by atoms with van der Waals surface area (Å²) in [5.41, 5.74) is 0. The van der Waals surface area contributed by atoms with Crippen molar-refractivity contribution in [2.75, 3.05) is 0 Å². The topological polar surface area (TPSA) is 49.3 Å². The summed E-state index contributed by atoms with van der Waals surface area (Å²) in [5, 5.41) is 12.2. The van der Waals surface area contributed by atoms with Crippen molar-refractivity contribution in [3.63, 3.8) is 0 Å². The Morgan fingerprint density at radius 1 is 1.47 bits per heavy atom. The molecule has 1 rings (SSSR count). The van der Waals surface area contributed by atoms with Gasteiger partial charge in [-0.3, -0.25) is 4.79 Å². The first-order valence-electron chi connectivity index (χ1n) is 6.07. The molecule has 0 bridgehead atoms. The van der Waals surface area contributed by atoms with E-state index in [9.17, 15) is 4.79 Å². The van der Waals surface area contributed by atoms with Crippen LogP contribution in [0, 0.1) is 5.92 Å². The molecule has 1 saturated carbocycles. The minimum atomic E-state index is -0.375. The maximum Gasteiger partial charge on any atom is 0.220 e. The Morgan fingerprint density at radius 3 is 2.73 bits per heavy atom. The molecule has 2 N–H and O–H groups in total. The van der Waals surface area contributed by atoms with E-state index in [1.807, 2.05) is 0 Å². The van der Waals surface area contributed by atoms with Crippen molar-refractivity contribution in [1.29, 1.82) is 0 Å². The fourth-order valence-corrected chi connectivity index (χ4v) is 2.15. The van der Waals surface area contributed by atoms with Gasteiger partial charge in [0.1, 0.15) is 0 Å².